The number of hydrogen-bond acceptors (Lipinski definition) is 5. The minimum Gasteiger partial charge on any atom is -0.425 e. The van der Waals surface area contributed by atoms with Gasteiger partial charge in [-0.25, -0.2) is 4.79 Å². The molecule has 0 heterocycles. The van der Waals surface area contributed by atoms with Gasteiger partial charge in [-0.1, -0.05) is 58.9 Å². The fourth-order valence-electron chi connectivity index (χ4n) is 2.85. The van der Waals surface area contributed by atoms with Crippen LogP contribution in [0.2, 0.25) is 0 Å². The molecule has 0 aromatic heterocycles. The lowest BCUT2D eigenvalue weighted by Gasteiger charge is -2.14. The molecule has 2 rings (SSSR count). The molecule has 0 spiro atoms. The molecular weight excluding hydrogens is 425 g/mol. The third kappa shape index (κ3) is 15.8. The molecule has 1 aliphatic carbocycles. The van der Waals surface area contributed by atoms with E-state index in [0.717, 1.165) is 57.3 Å². The molecule has 1 aromatic carbocycles. The zero-order valence-corrected chi connectivity index (χ0v) is 19.7. The summed E-state index contributed by atoms with van der Waals surface area (Å²) in [6.45, 7) is 6.23. The first-order chi connectivity index (χ1) is 15.2. The second kappa shape index (κ2) is 19.7. The van der Waals surface area contributed by atoms with E-state index in [-0.39, 0.29) is 12.2 Å². The first kappa shape index (κ1) is 32.3. The number of halogens is 3. The van der Waals surface area contributed by atoms with Crippen LogP contribution in [0.5, 0.6) is 5.75 Å². The lowest BCUT2D eigenvalue weighted by molar-refractivity contribution is -0.145. The van der Waals surface area contributed by atoms with Crippen molar-refractivity contribution in [1.29, 1.82) is 0 Å². The van der Waals surface area contributed by atoms with Crippen molar-refractivity contribution in [2.45, 2.75) is 90.8 Å². The van der Waals surface area contributed by atoms with Crippen LogP contribution in [-0.4, -0.2) is 35.7 Å². The van der Waals surface area contributed by atoms with Gasteiger partial charge in [-0.05, 0) is 43.4 Å². The maximum absolute atomic E-state index is 12.6. The Bertz CT molecular complexity index is 600. The van der Waals surface area contributed by atoms with Crippen molar-refractivity contribution in [2.75, 3.05) is 7.11 Å². The molecule has 0 bridgehead atoms. The Morgan fingerprint density at radius 1 is 1.19 bits per heavy atom. The van der Waals surface area contributed by atoms with Crippen LogP contribution in [0.25, 0.3) is 0 Å². The number of carbonyl (C=O) groups is 2. The van der Waals surface area contributed by atoms with E-state index in [1.165, 1.54) is 25.3 Å². The fraction of sp³-hybridized carbons (Fsp3) is 0.667. The number of aliphatic hydroxyl groups excluding tert-OH is 2. The van der Waals surface area contributed by atoms with E-state index < -0.39 is 23.8 Å². The molecule has 0 radical (unpaired) electrons. The van der Waals surface area contributed by atoms with Crippen molar-refractivity contribution in [3.8, 4) is 5.75 Å². The molecule has 5 nitrogen and oxygen atoms in total. The molecule has 0 aliphatic heterocycles. The molecule has 1 aromatic rings. The average Bonchev–Trinajstić information content (AvgIpc) is 3.28. The molecule has 2 N–H and O–H groups in total. The van der Waals surface area contributed by atoms with Crippen molar-refractivity contribution in [3.63, 3.8) is 0 Å². The third-order valence-corrected chi connectivity index (χ3v) is 4.38. The highest BCUT2D eigenvalue weighted by Crippen LogP contribution is 2.32. The van der Waals surface area contributed by atoms with E-state index in [1.54, 1.807) is 0 Å². The van der Waals surface area contributed by atoms with Crippen molar-refractivity contribution >= 4 is 12.3 Å². The Balaban J connectivity index is 0. The van der Waals surface area contributed by atoms with Crippen LogP contribution in [-0.2, 0) is 15.8 Å². The number of alkyl halides is 3. The summed E-state index contributed by atoms with van der Waals surface area (Å²) in [6.07, 6.45) is 3.65. The number of aliphatic hydroxyl groups is 2. The molecule has 8 heteroatoms. The Morgan fingerprint density at radius 3 is 2.19 bits per heavy atom. The Hall–Kier alpha value is -1.93. The summed E-state index contributed by atoms with van der Waals surface area (Å²) in [6, 6.07) is 4.07. The van der Waals surface area contributed by atoms with Gasteiger partial charge in [-0.15, -0.1) is 0 Å². The standard InChI is InChI=1S/C16H19F3O3.C4H8O.C3H8.CH4O/c17-16(18,19)12-6-3-7-13(10-12)22-15(21)14(20)9-8-11-4-1-2-5-11;1-2-3-4-5;1-3-2;1-2/h3,6-7,10-11,14,20H,1-2,4-5,8-9H2;4H,2-3H2,1H3;3H2,1-2H3;2H,1H3. The van der Waals surface area contributed by atoms with Crippen LogP contribution in [0.3, 0.4) is 0 Å². The summed E-state index contributed by atoms with van der Waals surface area (Å²) in [5.41, 5.74) is -0.891. The number of hydrogen-bond donors (Lipinski definition) is 2. The van der Waals surface area contributed by atoms with Crippen LogP contribution >= 0.6 is 0 Å². The third-order valence-electron chi connectivity index (χ3n) is 4.38. The Kier molecular flexibility index (Phi) is 19.9. The van der Waals surface area contributed by atoms with Gasteiger partial charge in [0.2, 0.25) is 0 Å². The highest BCUT2D eigenvalue weighted by atomic mass is 19.4. The number of carbonyl (C=O) groups excluding carboxylic acids is 2. The predicted molar refractivity (Wildman–Crippen MR) is 119 cm³/mol. The van der Waals surface area contributed by atoms with Crippen LogP contribution in [0, 0.1) is 5.92 Å². The van der Waals surface area contributed by atoms with Gasteiger partial charge >= 0.3 is 12.1 Å². The minimum atomic E-state index is -4.50. The van der Waals surface area contributed by atoms with Gasteiger partial charge in [0.25, 0.3) is 0 Å². The summed E-state index contributed by atoms with van der Waals surface area (Å²) in [4.78, 5) is 21.1. The molecule has 186 valence electrons. The zero-order chi connectivity index (χ0) is 25.0. The first-order valence-electron chi connectivity index (χ1n) is 11.1. The molecule has 1 saturated carbocycles. The summed E-state index contributed by atoms with van der Waals surface area (Å²) in [5, 5.41) is 16.8. The summed E-state index contributed by atoms with van der Waals surface area (Å²) >= 11 is 0. The van der Waals surface area contributed by atoms with Gasteiger partial charge in [0.1, 0.15) is 12.0 Å². The number of ether oxygens (including phenoxy) is 1. The topological polar surface area (TPSA) is 83.8 Å². The van der Waals surface area contributed by atoms with Gasteiger partial charge in [0.15, 0.2) is 6.10 Å². The van der Waals surface area contributed by atoms with Crippen molar-refractivity contribution in [3.05, 3.63) is 29.8 Å². The molecule has 1 fully saturated rings. The van der Waals surface area contributed by atoms with Gasteiger partial charge in [0.05, 0.1) is 5.56 Å². The number of unbranched alkanes of at least 4 members (excludes halogenated alkanes) is 1. The molecule has 0 saturated heterocycles. The Labute approximate surface area is 190 Å². The number of benzene rings is 1. The van der Waals surface area contributed by atoms with Crippen LogP contribution in [0.4, 0.5) is 13.2 Å². The van der Waals surface area contributed by atoms with E-state index in [4.69, 9.17) is 9.84 Å². The highest BCUT2D eigenvalue weighted by Gasteiger charge is 2.31. The Morgan fingerprint density at radius 2 is 1.75 bits per heavy atom. The monoisotopic (exact) mass is 464 g/mol. The van der Waals surface area contributed by atoms with E-state index in [9.17, 15) is 27.9 Å². The SMILES string of the molecule is CCC.CCCC=O.CO.O=C(Oc1cccc(C(F)(F)F)c1)C(O)CCC1CCCC1. The van der Waals surface area contributed by atoms with E-state index in [0.29, 0.717) is 12.3 Å². The quantitative estimate of drug-likeness (QED) is 0.296. The van der Waals surface area contributed by atoms with Crippen LogP contribution < -0.4 is 4.74 Å². The molecule has 32 heavy (non-hydrogen) atoms. The second-order valence-corrected chi connectivity index (χ2v) is 7.35. The highest BCUT2D eigenvalue weighted by molar-refractivity contribution is 5.76. The molecule has 1 unspecified atom stereocenters. The number of esters is 1. The normalized spacial score (nSPS) is 13.9. The largest absolute Gasteiger partial charge is 0.425 e. The van der Waals surface area contributed by atoms with E-state index in [1.807, 2.05) is 6.92 Å². The molecular formula is C24H39F3O5. The smallest absolute Gasteiger partial charge is 0.416 e. The molecule has 0 amide bonds. The fourth-order valence-corrected chi connectivity index (χ4v) is 2.85. The zero-order valence-electron chi connectivity index (χ0n) is 19.7. The number of aldehydes is 1. The van der Waals surface area contributed by atoms with Crippen LogP contribution in [0.1, 0.15) is 84.1 Å². The van der Waals surface area contributed by atoms with Gasteiger partial charge in [-0.2, -0.15) is 13.2 Å². The molecule has 1 atom stereocenters. The lowest BCUT2D eigenvalue weighted by Crippen LogP contribution is -2.26. The van der Waals surface area contributed by atoms with Gasteiger partial charge in [-0.3, -0.25) is 0 Å². The second-order valence-electron chi connectivity index (χ2n) is 7.35. The van der Waals surface area contributed by atoms with Gasteiger partial charge in [0, 0.05) is 13.5 Å². The maximum atomic E-state index is 12.6. The summed E-state index contributed by atoms with van der Waals surface area (Å²) in [7, 11) is 1.00. The van der Waals surface area contributed by atoms with Crippen molar-refractivity contribution in [1.82, 2.24) is 0 Å². The average molecular weight is 465 g/mol. The summed E-state index contributed by atoms with van der Waals surface area (Å²) < 4.78 is 42.5. The maximum Gasteiger partial charge on any atom is 0.416 e. The van der Waals surface area contributed by atoms with Crippen LogP contribution in [0.15, 0.2) is 24.3 Å². The van der Waals surface area contributed by atoms with Crippen molar-refractivity contribution < 1.29 is 37.7 Å². The number of rotatable bonds is 7. The summed E-state index contributed by atoms with van der Waals surface area (Å²) in [5.74, 6) is -0.590. The first-order valence-corrected chi connectivity index (χ1v) is 11.1. The predicted octanol–water partition coefficient (Wildman–Crippen LogP) is 5.95. The lowest BCUT2D eigenvalue weighted by atomic mass is 10.00. The van der Waals surface area contributed by atoms with Gasteiger partial charge < -0.3 is 19.7 Å². The van der Waals surface area contributed by atoms with E-state index in [2.05, 4.69) is 13.8 Å². The van der Waals surface area contributed by atoms with E-state index >= 15 is 0 Å². The minimum absolute atomic E-state index is 0.209. The van der Waals surface area contributed by atoms with Crippen molar-refractivity contribution in [2.24, 2.45) is 5.92 Å². The molecule has 1 aliphatic rings.